The molecule has 1 aromatic carbocycles. The number of aromatic nitrogens is 2. The molecule has 4 rings (SSSR count). The highest BCUT2D eigenvalue weighted by Crippen LogP contribution is 2.39. The number of hydrogen-bond donors (Lipinski definition) is 2. The van der Waals surface area contributed by atoms with Gasteiger partial charge in [0.05, 0.1) is 18.2 Å². The van der Waals surface area contributed by atoms with E-state index in [4.69, 9.17) is 10.5 Å². The monoisotopic (exact) mass is 414 g/mol. The third-order valence-electron chi connectivity index (χ3n) is 4.87. The second kappa shape index (κ2) is 7.97. The van der Waals surface area contributed by atoms with Gasteiger partial charge in [-0.25, -0.2) is 9.97 Å². The average molecular weight is 415 g/mol. The van der Waals surface area contributed by atoms with E-state index in [1.54, 1.807) is 42.7 Å². The summed E-state index contributed by atoms with van der Waals surface area (Å²) in [5.74, 6) is 2.08. The number of carbonyl (C=O) groups excluding carboxylic acids is 1. The molecule has 146 valence electrons. The van der Waals surface area contributed by atoms with Crippen LogP contribution in [-0.2, 0) is 17.6 Å². The summed E-state index contributed by atoms with van der Waals surface area (Å²) in [4.78, 5) is 23.7. The van der Waals surface area contributed by atoms with Crippen molar-refractivity contribution in [1.82, 2.24) is 9.97 Å². The van der Waals surface area contributed by atoms with Crippen LogP contribution in [0, 0.1) is 5.92 Å². The molecule has 0 radical (unpaired) electrons. The van der Waals surface area contributed by atoms with Crippen LogP contribution in [0.15, 0.2) is 29.4 Å². The van der Waals surface area contributed by atoms with Crippen molar-refractivity contribution in [2.75, 3.05) is 23.9 Å². The minimum absolute atomic E-state index is 0.114. The maximum absolute atomic E-state index is 12.2. The highest BCUT2D eigenvalue weighted by molar-refractivity contribution is 7.99. The molecule has 1 aliphatic rings. The predicted octanol–water partition coefficient (Wildman–Crippen LogP) is 4.14. The molecule has 0 bridgehead atoms. The Bertz CT molecular complexity index is 1020. The zero-order chi connectivity index (χ0) is 19.7. The third kappa shape index (κ3) is 3.93. The second-order valence-corrected chi connectivity index (χ2v) is 9.01. The highest BCUT2D eigenvalue weighted by atomic mass is 32.2. The van der Waals surface area contributed by atoms with Gasteiger partial charge >= 0.3 is 0 Å². The normalized spacial score (nSPS) is 16.0. The van der Waals surface area contributed by atoms with Crippen molar-refractivity contribution in [1.29, 1.82) is 0 Å². The van der Waals surface area contributed by atoms with Crippen molar-refractivity contribution in [3.63, 3.8) is 0 Å². The van der Waals surface area contributed by atoms with Crippen LogP contribution in [0.3, 0.4) is 0 Å². The third-order valence-corrected chi connectivity index (χ3v) is 6.86. The van der Waals surface area contributed by atoms with Gasteiger partial charge in [0.2, 0.25) is 5.91 Å². The van der Waals surface area contributed by atoms with Crippen molar-refractivity contribution >= 4 is 50.7 Å². The molecule has 1 amide bonds. The van der Waals surface area contributed by atoms with Crippen LogP contribution in [0.2, 0.25) is 0 Å². The molecule has 0 saturated carbocycles. The predicted molar refractivity (Wildman–Crippen MR) is 115 cm³/mol. The lowest BCUT2D eigenvalue weighted by atomic mass is 9.89. The molecule has 0 spiro atoms. The number of thioether (sulfide) groups is 1. The number of anilines is 2. The van der Waals surface area contributed by atoms with Gasteiger partial charge in [0.25, 0.3) is 0 Å². The summed E-state index contributed by atoms with van der Waals surface area (Å²) < 4.78 is 5.12. The Morgan fingerprint density at radius 3 is 2.89 bits per heavy atom. The van der Waals surface area contributed by atoms with Crippen molar-refractivity contribution in [3.05, 3.63) is 34.7 Å². The molecule has 1 atom stereocenters. The molecule has 2 heterocycles. The minimum atomic E-state index is -0.114. The molecule has 0 fully saturated rings. The quantitative estimate of drug-likeness (QED) is 0.482. The summed E-state index contributed by atoms with van der Waals surface area (Å²) in [6.07, 6.45) is 3.31. The molecule has 3 aromatic rings. The standard InChI is InChI=1S/C20H22N4O2S2/c1-11-3-8-14-15(9-11)28-19-17(14)18(21)23-20(24-19)27-10-16(25)22-12-4-6-13(26-2)7-5-12/h4-7,11H,3,8-10H2,1-2H3,(H,22,25)(H2,21,23,24). The number of carbonyl (C=O) groups is 1. The van der Waals surface area contributed by atoms with Crippen LogP contribution in [0.5, 0.6) is 5.75 Å². The molecular weight excluding hydrogens is 392 g/mol. The molecule has 0 saturated heterocycles. The first-order valence-electron chi connectivity index (χ1n) is 9.18. The summed E-state index contributed by atoms with van der Waals surface area (Å²) in [6.45, 7) is 2.28. The van der Waals surface area contributed by atoms with Crippen molar-refractivity contribution in [3.8, 4) is 5.75 Å². The van der Waals surface area contributed by atoms with Gasteiger partial charge in [-0.1, -0.05) is 18.7 Å². The zero-order valence-electron chi connectivity index (χ0n) is 15.8. The van der Waals surface area contributed by atoms with Gasteiger partial charge in [-0.15, -0.1) is 11.3 Å². The summed E-state index contributed by atoms with van der Waals surface area (Å²) in [6, 6.07) is 7.22. The van der Waals surface area contributed by atoms with E-state index in [1.807, 2.05) is 0 Å². The second-order valence-electron chi connectivity index (χ2n) is 6.99. The lowest BCUT2D eigenvalue weighted by Gasteiger charge is -2.17. The van der Waals surface area contributed by atoms with Gasteiger partial charge < -0.3 is 15.8 Å². The number of methoxy groups -OCH3 is 1. The fourth-order valence-corrected chi connectivity index (χ4v) is 5.52. The van der Waals surface area contributed by atoms with Gasteiger partial charge in [-0.05, 0) is 55.0 Å². The van der Waals surface area contributed by atoms with Crippen molar-refractivity contribution < 1.29 is 9.53 Å². The van der Waals surface area contributed by atoms with Gasteiger partial charge in [0, 0.05) is 10.6 Å². The lowest BCUT2D eigenvalue weighted by molar-refractivity contribution is -0.113. The number of nitrogens with two attached hydrogens (primary N) is 1. The molecule has 1 unspecified atom stereocenters. The van der Waals surface area contributed by atoms with Crippen LogP contribution in [0.4, 0.5) is 11.5 Å². The smallest absolute Gasteiger partial charge is 0.234 e. The Labute approximate surface area is 171 Å². The largest absolute Gasteiger partial charge is 0.497 e. The van der Waals surface area contributed by atoms with Crippen LogP contribution in [-0.4, -0.2) is 28.7 Å². The van der Waals surface area contributed by atoms with Gasteiger partial charge in [0.1, 0.15) is 16.4 Å². The first-order chi connectivity index (χ1) is 13.5. The SMILES string of the molecule is COc1ccc(NC(=O)CSc2nc(N)c3c4c(sc3n2)CC(C)CC4)cc1. The van der Waals surface area contributed by atoms with E-state index in [0.29, 0.717) is 16.9 Å². The molecular formula is C20H22N4O2S2. The number of thiophene rings is 1. The fraction of sp³-hybridized carbons (Fsp3) is 0.350. The van der Waals surface area contributed by atoms with Crippen molar-refractivity contribution in [2.24, 2.45) is 5.92 Å². The summed E-state index contributed by atoms with van der Waals surface area (Å²) >= 11 is 3.01. The molecule has 8 heteroatoms. The number of nitrogens with one attached hydrogen (secondary N) is 1. The lowest BCUT2D eigenvalue weighted by Crippen LogP contribution is -2.14. The number of nitrogens with zero attached hydrogens (tertiary/aromatic N) is 2. The zero-order valence-corrected chi connectivity index (χ0v) is 17.5. The number of benzene rings is 1. The van der Waals surface area contributed by atoms with Crippen LogP contribution < -0.4 is 15.8 Å². The molecule has 0 aliphatic heterocycles. The van der Waals surface area contributed by atoms with E-state index >= 15 is 0 Å². The Balaban J connectivity index is 1.45. The highest BCUT2D eigenvalue weighted by Gasteiger charge is 2.23. The first-order valence-corrected chi connectivity index (χ1v) is 11.0. The summed E-state index contributed by atoms with van der Waals surface area (Å²) in [5, 5.41) is 4.42. The van der Waals surface area contributed by atoms with Gasteiger partial charge in [-0.2, -0.15) is 0 Å². The number of hydrogen-bond acceptors (Lipinski definition) is 7. The van der Waals surface area contributed by atoms with E-state index < -0.39 is 0 Å². The molecule has 6 nitrogen and oxygen atoms in total. The number of aryl methyl sites for hydroxylation is 1. The van der Waals surface area contributed by atoms with E-state index in [0.717, 1.165) is 34.5 Å². The first kappa shape index (κ1) is 19.0. The van der Waals surface area contributed by atoms with Crippen LogP contribution in [0.25, 0.3) is 10.2 Å². The molecule has 3 N–H and O–H groups in total. The number of amides is 1. The van der Waals surface area contributed by atoms with Gasteiger partial charge in [0.15, 0.2) is 5.16 Å². The van der Waals surface area contributed by atoms with Crippen LogP contribution >= 0.6 is 23.1 Å². The Hall–Kier alpha value is -2.32. The number of nitrogen functional groups attached to an aromatic ring is 1. The Kier molecular flexibility index (Phi) is 5.41. The number of fused-ring (bicyclic) bond motifs is 3. The van der Waals surface area contributed by atoms with Gasteiger partial charge in [-0.3, -0.25) is 4.79 Å². The maximum atomic E-state index is 12.2. The van der Waals surface area contributed by atoms with E-state index in [-0.39, 0.29) is 11.7 Å². The minimum Gasteiger partial charge on any atom is -0.497 e. The number of ether oxygens (including phenoxy) is 1. The van der Waals surface area contributed by atoms with E-state index in [9.17, 15) is 4.79 Å². The van der Waals surface area contributed by atoms with E-state index in [2.05, 4.69) is 22.2 Å². The molecule has 2 aromatic heterocycles. The summed E-state index contributed by atoms with van der Waals surface area (Å²) in [7, 11) is 1.61. The van der Waals surface area contributed by atoms with Crippen LogP contribution in [0.1, 0.15) is 23.8 Å². The van der Waals surface area contributed by atoms with E-state index in [1.165, 1.54) is 28.6 Å². The molecule has 1 aliphatic carbocycles. The summed E-state index contributed by atoms with van der Waals surface area (Å²) in [5.41, 5.74) is 8.30. The Morgan fingerprint density at radius 1 is 1.36 bits per heavy atom. The Morgan fingerprint density at radius 2 is 2.14 bits per heavy atom. The average Bonchev–Trinajstić information content (AvgIpc) is 3.04. The maximum Gasteiger partial charge on any atom is 0.234 e. The van der Waals surface area contributed by atoms with Crippen molar-refractivity contribution in [2.45, 2.75) is 31.3 Å². The fourth-order valence-electron chi connectivity index (χ4n) is 3.42. The molecule has 28 heavy (non-hydrogen) atoms. The number of rotatable bonds is 5. The topological polar surface area (TPSA) is 90.1 Å².